The van der Waals surface area contributed by atoms with Crippen LogP contribution < -0.4 is 0 Å². The normalized spacial score (nSPS) is 50.5. The van der Waals surface area contributed by atoms with Gasteiger partial charge in [-0.05, 0) is 74.0 Å². The van der Waals surface area contributed by atoms with E-state index in [-0.39, 0.29) is 23.4 Å². The van der Waals surface area contributed by atoms with E-state index in [9.17, 15) is 9.59 Å². The second-order valence-corrected chi connectivity index (χ2v) is 10.4. The van der Waals surface area contributed by atoms with Crippen LogP contribution in [0.4, 0.5) is 0 Å². The predicted molar refractivity (Wildman–Crippen MR) is 101 cm³/mol. The van der Waals surface area contributed by atoms with Crippen LogP contribution in [-0.2, 0) is 14.3 Å². The molecule has 26 heavy (non-hydrogen) atoms. The molecule has 4 saturated carbocycles. The Morgan fingerprint density at radius 1 is 1.08 bits per heavy atom. The third-order valence-corrected chi connectivity index (χ3v) is 9.28. The van der Waals surface area contributed by atoms with E-state index in [1.807, 2.05) is 6.92 Å². The Balaban J connectivity index is 1.57. The van der Waals surface area contributed by atoms with E-state index in [0.29, 0.717) is 29.5 Å². The van der Waals surface area contributed by atoms with Gasteiger partial charge in [-0.2, -0.15) is 0 Å². The zero-order valence-corrected chi connectivity index (χ0v) is 17.1. The quantitative estimate of drug-likeness (QED) is 0.638. The van der Waals surface area contributed by atoms with Crippen LogP contribution in [0.25, 0.3) is 0 Å². The molecule has 0 aromatic heterocycles. The molecule has 3 heteroatoms. The molecule has 4 aliphatic carbocycles. The fourth-order valence-corrected chi connectivity index (χ4v) is 7.79. The number of esters is 1. The lowest BCUT2D eigenvalue weighted by Crippen LogP contribution is -2.55. The van der Waals surface area contributed by atoms with Crippen LogP contribution in [0, 0.1) is 40.4 Å². The fraction of sp³-hybridized carbons (Fsp3) is 0.913. The lowest BCUT2D eigenvalue weighted by molar-refractivity contribution is -0.165. The van der Waals surface area contributed by atoms with E-state index < -0.39 is 0 Å². The summed E-state index contributed by atoms with van der Waals surface area (Å²) < 4.78 is 5.89. The Kier molecular flexibility index (Phi) is 4.51. The summed E-state index contributed by atoms with van der Waals surface area (Å²) in [5.41, 5.74) is 0.515. The van der Waals surface area contributed by atoms with Crippen molar-refractivity contribution in [2.45, 2.75) is 91.6 Å². The summed E-state index contributed by atoms with van der Waals surface area (Å²) in [4.78, 5) is 24.2. The highest BCUT2D eigenvalue weighted by molar-refractivity contribution is 5.82. The maximum Gasteiger partial charge on any atom is 0.305 e. The highest BCUT2D eigenvalue weighted by atomic mass is 16.5. The number of rotatable bonds is 2. The van der Waals surface area contributed by atoms with Gasteiger partial charge in [-0.1, -0.05) is 27.7 Å². The van der Waals surface area contributed by atoms with Crippen LogP contribution in [-0.4, -0.2) is 17.9 Å². The molecule has 3 nitrogen and oxygen atoms in total. The van der Waals surface area contributed by atoms with Crippen molar-refractivity contribution in [3.05, 3.63) is 0 Å². The number of ketones is 1. The maximum absolute atomic E-state index is 12.3. The molecule has 0 amide bonds. The van der Waals surface area contributed by atoms with Crippen molar-refractivity contribution in [2.24, 2.45) is 40.4 Å². The molecular formula is C23H36O3. The molecule has 0 saturated heterocycles. The van der Waals surface area contributed by atoms with Crippen molar-refractivity contribution >= 4 is 11.8 Å². The highest BCUT2D eigenvalue weighted by Crippen LogP contribution is 2.66. The molecule has 4 rings (SSSR count). The van der Waals surface area contributed by atoms with Gasteiger partial charge in [0.1, 0.15) is 11.9 Å². The van der Waals surface area contributed by atoms with Crippen molar-refractivity contribution in [3.63, 3.8) is 0 Å². The van der Waals surface area contributed by atoms with E-state index in [0.717, 1.165) is 31.1 Å². The van der Waals surface area contributed by atoms with Crippen molar-refractivity contribution in [2.75, 3.05) is 0 Å². The first-order valence-electron chi connectivity index (χ1n) is 11.0. The molecular weight excluding hydrogens is 324 g/mol. The summed E-state index contributed by atoms with van der Waals surface area (Å²) in [5, 5.41) is 0. The zero-order chi connectivity index (χ0) is 18.7. The lowest BCUT2D eigenvalue weighted by atomic mass is 9.44. The molecule has 4 aliphatic rings. The lowest BCUT2D eigenvalue weighted by Gasteiger charge is -2.60. The van der Waals surface area contributed by atoms with E-state index in [1.165, 1.54) is 32.1 Å². The van der Waals surface area contributed by atoms with Crippen LogP contribution in [0.1, 0.15) is 85.5 Å². The van der Waals surface area contributed by atoms with Gasteiger partial charge in [0.15, 0.2) is 0 Å². The van der Waals surface area contributed by atoms with E-state index >= 15 is 0 Å². The number of fused-ring (bicyclic) bond motifs is 5. The molecule has 0 bridgehead atoms. The van der Waals surface area contributed by atoms with Gasteiger partial charge in [-0.3, -0.25) is 9.59 Å². The van der Waals surface area contributed by atoms with E-state index in [1.54, 1.807) is 0 Å². The van der Waals surface area contributed by atoms with Gasteiger partial charge in [0.2, 0.25) is 0 Å². The van der Waals surface area contributed by atoms with Crippen LogP contribution in [0.15, 0.2) is 0 Å². The number of ether oxygens (including phenoxy) is 1. The van der Waals surface area contributed by atoms with Crippen LogP contribution in [0.5, 0.6) is 0 Å². The Hall–Kier alpha value is -0.860. The van der Waals surface area contributed by atoms with Gasteiger partial charge in [0, 0.05) is 24.2 Å². The van der Waals surface area contributed by atoms with Crippen LogP contribution >= 0.6 is 0 Å². The number of Topliss-reactive ketones (excluding diaryl/α,β-unsaturated/α-hetero) is 1. The molecule has 4 fully saturated rings. The average molecular weight is 361 g/mol. The van der Waals surface area contributed by atoms with Crippen molar-refractivity contribution in [3.8, 4) is 0 Å². The summed E-state index contributed by atoms with van der Waals surface area (Å²) in [6.07, 6.45) is 9.72. The molecule has 0 aromatic rings. The van der Waals surface area contributed by atoms with Gasteiger partial charge in [-0.15, -0.1) is 0 Å². The Morgan fingerprint density at radius 2 is 1.81 bits per heavy atom. The van der Waals surface area contributed by atoms with Gasteiger partial charge in [0.25, 0.3) is 0 Å². The zero-order valence-electron chi connectivity index (χ0n) is 17.1. The number of hydrogen-bond acceptors (Lipinski definition) is 3. The summed E-state index contributed by atoms with van der Waals surface area (Å²) in [6.45, 7) is 8.94. The van der Waals surface area contributed by atoms with E-state index in [2.05, 4.69) is 20.8 Å². The third kappa shape index (κ3) is 2.59. The first kappa shape index (κ1) is 18.5. The summed E-state index contributed by atoms with van der Waals surface area (Å²) >= 11 is 0. The van der Waals surface area contributed by atoms with Gasteiger partial charge < -0.3 is 4.74 Å². The fourth-order valence-electron chi connectivity index (χ4n) is 7.79. The second kappa shape index (κ2) is 6.34. The molecule has 0 unspecified atom stereocenters. The largest absolute Gasteiger partial charge is 0.462 e. The van der Waals surface area contributed by atoms with Crippen molar-refractivity contribution in [1.82, 2.24) is 0 Å². The number of carbonyl (C=O) groups is 2. The third-order valence-electron chi connectivity index (χ3n) is 9.28. The molecule has 8 atom stereocenters. The summed E-state index contributed by atoms with van der Waals surface area (Å²) in [5.74, 6) is 3.53. The minimum atomic E-state index is -0.0331. The Labute approximate surface area is 158 Å². The minimum absolute atomic E-state index is 0.0331. The molecule has 0 aliphatic heterocycles. The average Bonchev–Trinajstić information content (AvgIpc) is 2.93. The molecule has 0 heterocycles. The standard InChI is InChI=1S/C23H36O3/c1-5-21(25)26-20-9-8-17-16-7-6-15-12-19(24)14(2)13-23(15,4)18(16)10-11-22(17,20)3/h14-18,20H,5-13H2,1-4H3/t14-,15+,16-,17+,18+,20-,22-,23-/m0/s1. The Morgan fingerprint density at radius 3 is 2.54 bits per heavy atom. The van der Waals surface area contributed by atoms with Gasteiger partial charge in [0.05, 0.1) is 0 Å². The molecule has 146 valence electrons. The summed E-state index contributed by atoms with van der Waals surface area (Å²) in [7, 11) is 0. The van der Waals surface area contributed by atoms with Crippen LogP contribution in [0.2, 0.25) is 0 Å². The first-order valence-corrected chi connectivity index (χ1v) is 11.0. The van der Waals surface area contributed by atoms with E-state index in [4.69, 9.17) is 4.74 Å². The van der Waals surface area contributed by atoms with Gasteiger partial charge >= 0.3 is 5.97 Å². The first-order chi connectivity index (χ1) is 12.3. The van der Waals surface area contributed by atoms with Crippen molar-refractivity contribution in [1.29, 1.82) is 0 Å². The number of carbonyl (C=O) groups excluding carboxylic acids is 2. The number of hydrogen-bond donors (Lipinski definition) is 0. The SMILES string of the molecule is CCC(=O)O[C@H]1CC[C@@H]2[C@@H]3CC[C@@H]4CC(=O)[C@@H](C)C[C@]4(C)[C@@H]3CC[C@]12C. The van der Waals surface area contributed by atoms with Crippen molar-refractivity contribution < 1.29 is 14.3 Å². The molecule has 0 radical (unpaired) electrons. The molecule has 0 aromatic carbocycles. The summed E-state index contributed by atoms with van der Waals surface area (Å²) in [6, 6.07) is 0. The monoisotopic (exact) mass is 360 g/mol. The maximum atomic E-state index is 12.3. The Bertz CT molecular complexity index is 598. The molecule has 0 spiro atoms. The minimum Gasteiger partial charge on any atom is -0.462 e. The topological polar surface area (TPSA) is 43.4 Å². The molecule has 0 N–H and O–H groups in total. The van der Waals surface area contributed by atoms with Gasteiger partial charge in [-0.25, -0.2) is 0 Å². The highest BCUT2D eigenvalue weighted by Gasteiger charge is 2.61. The predicted octanol–water partition coefficient (Wildman–Crippen LogP) is 5.17. The van der Waals surface area contributed by atoms with Crippen LogP contribution in [0.3, 0.4) is 0 Å². The smallest absolute Gasteiger partial charge is 0.305 e. The second-order valence-electron chi connectivity index (χ2n) is 10.4.